The number of rotatable bonds is 3. The largest absolute Gasteiger partial charge is 0.388 e. The Kier molecular flexibility index (Phi) is 4.10. The Bertz CT molecular complexity index is 462. The zero-order chi connectivity index (χ0) is 14.2. The number of nitrogens with zero attached hydrogens (tertiary/aromatic N) is 2. The van der Waals surface area contributed by atoms with Gasteiger partial charge in [-0.05, 0) is 25.2 Å². The first-order valence-electron chi connectivity index (χ1n) is 6.59. The molecule has 106 valence electrons. The van der Waals surface area contributed by atoms with Gasteiger partial charge in [-0.2, -0.15) is 0 Å². The van der Waals surface area contributed by atoms with Gasteiger partial charge in [0.1, 0.15) is 0 Å². The fourth-order valence-electron chi connectivity index (χ4n) is 2.78. The molecule has 1 fully saturated rings. The first kappa shape index (κ1) is 14.3. The molecule has 1 aliphatic rings. The van der Waals surface area contributed by atoms with Crippen molar-refractivity contribution in [2.75, 3.05) is 18.0 Å². The van der Waals surface area contributed by atoms with Crippen molar-refractivity contribution in [1.82, 2.24) is 0 Å². The Morgan fingerprint density at radius 2 is 2.05 bits per heavy atom. The normalized spacial score (nSPS) is 25.4. The van der Waals surface area contributed by atoms with Crippen molar-refractivity contribution in [2.24, 2.45) is 11.8 Å². The molecule has 6 heteroatoms. The number of nitro groups is 1. The van der Waals surface area contributed by atoms with Gasteiger partial charge in [-0.15, -0.1) is 11.3 Å². The molecule has 3 unspecified atom stereocenters. The molecule has 2 heterocycles. The van der Waals surface area contributed by atoms with Gasteiger partial charge in [-0.3, -0.25) is 10.1 Å². The van der Waals surface area contributed by atoms with Gasteiger partial charge in [0.05, 0.1) is 11.0 Å². The highest BCUT2D eigenvalue weighted by Crippen LogP contribution is 2.42. The summed E-state index contributed by atoms with van der Waals surface area (Å²) >= 11 is 1.34. The van der Waals surface area contributed by atoms with Crippen molar-refractivity contribution in [1.29, 1.82) is 0 Å². The lowest BCUT2D eigenvalue weighted by Crippen LogP contribution is -2.38. The van der Waals surface area contributed by atoms with Crippen LogP contribution in [0.15, 0.2) is 6.07 Å². The Balaban J connectivity index is 2.34. The third-order valence-electron chi connectivity index (χ3n) is 3.48. The smallest absolute Gasteiger partial charge is 0.304 e. The topological polar surface area (TPSA) is 66.6 Å². The van der Waals surface area contributed by atoms with E-state index in [9.17, 15) is 15.2 Å². The van der Waals surface area contributed by atoms with Crippen molar-refractivity contribution >= 4 is 22.0 Å². The third kappa shape index (κ3) is 3.06. The number of aliphatic hydroxyl groups is 1. The maximum atomic E-state index is 11.2. The van der Waals surface area contributed by atoms with E-state index in [0.717, 1.165) is 13.1 Å². The van der Waals surface area contributed by atoms with Crippen LogP contribution in [0.4, 0.5) is 10.7 Å². The molecule has 1 aromatic heterocycles. The summed E-state index contributed by atoms with van der Waals surface area (Å²) in [5, 5.41) is 21.5. The molecule has 0 spiro atoms. The van der Waals surface area contributed by atoms with Gasteiger partial charge in [0.25, 0.3) is 0 Å². The summed E-state index contributed by atoms with van der Waals surface area (Å²) in [5.41, 5.74) is 0.127. The number of anilines is 1. The summed E-state index contributed by atoms with van der Waals surface area (Å²) < 4.78 is 0. The summed E-state index contributed by atoms with van der Waals surface area (Å²) in [7, 11) is 0. The Hall–Kier alpha value is -1.14. The fourth-order valence-corrected chi connectivity index (χ4v) is 3.86. The molecule has 5 nitrogen and oxygen atoms in total. The van der Waals surface area contributed by atoms with E-state index >= 15 is 0 Å². The van der Waals surface area contributed by atoms with E-state index < -0.39 is 6.10 Å². The second-order valence-corrected chi connectivity index (χ2v) is 6.69. The molecule has 0 bridgehead atoms. The highest BCUT2D eigenvalue weighted by Gasteiger charge is 2.30. The van der Waals surface area contributed by atoms with E-state index in [1.807, 2.05) is 0 Å². The number of aliphatic hydroxyl groups excluding tert-OH is 1. The monoisotopic (exact) mass is 284 g/mol. The van der Waals surface area contributed by atoms with E-state index in [-0.39, 0.29) is 10.6 Å². The number of hydrogen-bond donors (Lipinski definition) is 1. The summed E-state index contributed by atoms with van der Waals surface area (Å²) in [6.45, 7) is 7.70. The molecule has 1 N–H and O–H groups in total. The van der Waals surface area contributed by atoms with Crippen molar-refractivity contribution in [3.63, 3.8) is 0 Å². The molecule has 1 aromatic rings. The molecule has 0 aliphatic carbocycles. The average molecular weight is 284 g/mol. The molecule has 1 aliphatic heterocycles. The van der Waals surface area contributed by atoms with Gasteiger partial charge >= 0.3 is 5.69 Å². The summed E-state index contributed by atoms with van der Waals surface area (Å²) in [6.07, 6.45) is 0.510. The first-order chi connectivity index (χ1) is 8.88. The number of piperidine rings is 1. The summed E-state index contributed by atoms with van der Waals surface area (Å²) in [4.78, 5) is 13.6. The van der Waals surface area contributed by atoms with Gasteiger partial charge in [0, 0.05) is 24.0 Å². The van der Waals surface area contributed by atoms with Crippen LogP contribution < -0.4 is 4.90 Å². The van der Waals surface area contributed by atoms with Crippen LogP contribution in [0.2, 0.25) is 0 Å². The first-order valence-corrected chi connectivity index (χ1v) is 7.41. The number of thiophene rings is 1. The Morgan fingerprint density at radius 3 is 2.53 bits per heavy atom. The van der Waals surface area contributed by atoms with Crippen molar-refractivity contribution < 1.29 is 10.0 Å². The minimum absolute atomic E-state index is 0.127. The van der Waals surface area contributed by atoms with Gasteiger partial charge < -0.3 is 10.0 Å². The third-order valence-corrected chi connectivity index (χ3v) is 4.83. The van der Waals surface area contributed by atoms with Gasteiger partial charge in [0.2, 0.25) is 0 Å². The van der Waals surface area contributed by atoms with Gasteiger partial charge in [-0.25, -0.2) is 0 Å². The van der Waals surface area contributed by atoms with Gasteiger partial charge in [-0.1, -0.05) is 13.8 Å². The van der Waals surface area contributed by atoms with Crippen molar-refractivity contribution in [2.45, 2.75) is 33.3 Å². The van der Waals surface area contributed by atoms with E-state index in [1.54, 1.807) is 6.92 Å². The minimum atomic E-state index is -0.655. The van der Waals surface area contributed by atoms with Crippen LogP contribution in [0, 0.1) is 22.0 Å². The van der Waals surface area contributed by atoms with Crippen LogP contribution in [0.5, 0.6) is 0 Å². The van der Waals surface area contributed by atoms with Crippen LogP contribution in [0.1, 0.15) is 38.2 Å². The maximum Gasteiger partial charge on any atom is 0.304 e. The molecule has 0 amide bonds. The molecule has 0 aromatic carbocycles. The zero-order valence-corrected chi connectivity index (χ0v) is 12.3. The summed E-state index contributed by atoms with van der Waals surface area (Å²) in [5.74, 6) is 1.08. The standard InChI is InChI=1S/C13H20N2O3S/c1-8-4-9(2)7-14(6-8)13-11(15(17)18)5-12(19-13)10(3)16/h5,8-10,16H,4,6-7H2,1-3H3. The maximum absolute atomic E-state index is 11.2. The number of hydrogen-bond acceptors (Lipinski definition) is 5. The van der Waals surface area contributed by atoms with Crippen molar-refractivity contribution in [3.8, 4) is 0 Å². The molecular weight excluding hydrogens is 264 g/mol. The van der Waals surface area contributed by atoms with E-state index in [1.165, 1.54) is 23.8 Å². The van der Waals surface area contributed by atoms with Crippen LogP contribution >= 0.6 is 11.3 Å². The average Bonchev–Trinajstić information content (AvgIpc) is 2.72. The van der Waals surface area contributed by atoms with Gasteiger partial charge in [0.15, 0.2) is 5.00 Å². The summed E-state index contributed by atoms with van der Waals surface area (Å²) in [6, 6.07) is 1.51. The van der Waals surface area contributed by atoms with Crippen molar-refractivity contribution in [3.05, 3.63) is 21.1 Å². The molecular formula is C13H20N2O3S. The SMILES string of the molecule is CC1CC(C)CN(c2sc(C(C)O)cc2[N+](=O)[O-])C1. The second-order valence-electron chi connectivity index (χ2n) is 5.62. The van der Waals surface area contributed by atoms with Crippen LogP contribution in [-0.2, 0) is 0 Å². The van der Waals surface area contributed by atoms with Crippen LogP contribution in [-0.4, -0.2) is 23.1 Å². The zero-order valence-electron chi connectivity index (χ0n) is 11.5. The quantitative estimate of drug-likeness (QED) is 0.683. The minimum Gasteiger partial charge on any atom is -0.388 e. The van der Waals surface area contributed by atoms with E-state index in [4.69, 9.17) is 0 Å². The molecule has 19 heavy (non-hydrogen) atoms. The lowest BCUT2D eigenvalue weighted by Gasteiger charge is -2.35. The predicted molar refractivity (Wildman–Crippen MR) is 76.8 cm³/mol. The Labute approximate surface area is 117 Å². The van der Waals surface area contributed by atoms with Crippen LogP contribution in [0.25, 0.3) is 0 Å². The highest BCUT2D eigenvalue weighted by molar-refractivity contribution is 7.16. The Morgan fingerprint density at radius 1 is 1.47 bits per heavy atom. The molecule has 0 radical (unpaired) electrons. The molecule has 3 atom stereocenters. The van der Waals surface area contributed by atoms with Crippen LogP contribution in [0.3, 0.4) is 0 Å². The molecule has 1 saturated heterocycles. The van der Waals surface area contributed by atoms with E-state index in [0.29, 0.717) is 21.7 Å². The lowest BCUT2D eigenvalue weighted by atomic mass is 9.92. The molecule has 2 rings (SSSR count). The lowest BCUT2D eigenvalue weighted by molar-refractivity contribution is -0.383. The predicted octanol–water partition coefficient (Wildman–Crippen LogP) is 3.19. The van der Waals surface area contributed by atoms with E-state index in [2.05, 4.69) is 18.7 Å². The highest BCUT2D eigenvalue weighted by atomic mass is 32.1. The molecule has 0 saturated carbocycles. The second kappa shape index (κ2) is 5.46. The fraction of sp³-hybridized carbons (Fsp3) is 0.692.